The van der Waals surface area contributed by atoms with E-state index in [9.17, 15) is 10.1 Å². The summed E-state index contributed by atoms with van der Waals surface area (Å²) < 4.78 is 1.06. The van der Waals surface area contributed by atoms with Crippen LogP contribution in [0.3, 0.4) is 0 Å². The van der Waals surface area contributed by atoms with Crippen LogP contribution in [-0.4, -0.2) is 15.6 Å². The van der Waals surface area contributed by atoms with E-state index in [1.165, 1.54) is 23.5 Å². The summed E-state index contributed by atoms with van der Waals surface area (Å²) in [6.07, 6.45) is 0. The minimum Gasteiger partial charge on any atom is -0.258 e. The second-order valence-electron chi connectivity index (χ2n) is 4.72. The highest BCUT2D eigenvalue weighted by atomic mass is 35.5. The summed E-state index contributed by atoms with van der Waals surface area (Å²) in [7, 11) is 0. The number of para-hydroxylation sites is 1. The van der Waals surface area contributed by atoms with Crippen molar-refractivity contribution in [3.63, 3.8) is 0 Å². The molecule has 0 saturated heterocycles. The van der Waals surface area contributed by atoms with Crippen LogP contribution in [0.1, 0.15) is 12.5 Å². The van der Waals surface area contributed by atoms with Crippen molar-refractivity contribution >= 4 is 49.7 Å². The lowest BCUT2D eigenvalue weighted by Crippen LogP contribution is -2.01. The number of rotatable bonds is 4. The fraction of sp³-hybridized carbons (Fsp3) is 0.0667. The molecule has 2 aromatic carbocycles. The maximum Gasteiger partial charge on any atom is 0.288 e. The van der Waals surface area contributed by atoms with Crippen molar-refractivity contribution in [2.45, 2.75) is 6.92 Å². The van der Waals surface area contributed by atoms with Gasteiger partial charge in [-0.1, -0.05) is 41.1 Å². The number of nitrogens with one attached hydrogen (secondary N) is 1. The van der Waals surface area contributed by atoms with Gasteiger partial charge < -0.3 is 0 Å². The van der Waals surface area contributed by atoms with Crippen LogP contribution in [0.2, 0.25) is 5.02 Å². The van der Waals surface area contributed by atoms with Crippen molar-refractivity contribution in [1.82, 2.24) is 4.98 Å². The van der Waals surface area contributed by atoms with E-state index in [0.717, 1.165) is 10.2 Å². The zero-order valence-electron chi connectivity index (χ0n) is 12.0. The lowest BCUT2D eigenvalue weighted by atomic mass is 10.1. The molecule has 0 saturated carbocycles. The van der Waals surface area contributed by atoms with E-state index in [2.05, 4.69) is 15.5 Å². The summed E-state index contributed by atoms with van der Waals surface area (Å²) in [4.78, 5) is 14.8. The molecule has 0 bridgehead atoms. The highest BCUT2D eigenvalue weighted by Crippen LogP contribution is 2.27. The van der Waals surface area contributed by atoms with Crippen LogP contribution >= 0.6 is 22.9 Å². The van der Waals surface area contributed by atoms with E-state index >= 15 is 0 Å². The SMILES string of the molecule is C/C(=N/Nc1nc2ccccc2s1)c1ccc(Cl)c([N+](=O)[O-])c1. The molecule has 8 heteroatoms. The van der Waals surface area contributed by atoms with E-state index in [-0.39, 0.29) is 10.7 Å². The maximum absolute atomic E-state index is 10.9. The first-order chi connectivity index (χ1) is 11.0. The molecule has 0 aliphatic rings. The number of halogens is 1. The van der Waals surface area contributed by atoms with Gasteiger partial charge in [0.1, 0.15) is 5.02 Å². The first-order valence-electron chi connectivity index (χ1n) is 6.65. The van der Waals surface area contributed by atoms with Gasteiger partial charge in [-0.2, -0.15) is 5.10 Å². The van der Waals surface area contributed by atoms with Gasteiger partial charge in [0.05, 0.1) is 20.9 Å². The maximum atomic E-state index is 10.9. The van der Waals surface area contributed by atoms with E-state index in [4.69, 9.17) is 11.6 Å². The highest BCUT2D eigenvalue weighted by Gasteiger charge is 2.13. The third-order valence-corrected chi connectivity index (χ3v) is 4.43. The monoisotopic (exact) mass is 346 g/mol. The Morgan fingerprint density at radius 1 is 1.35 bits per heavy atom. The van der Waals surface area contributed by atoms with Gasteiger partial charge in [-0.25, -0.2) is 4.98 Å². The molecule has 0 aliphatic carbocycles. The van der Waals surface area contributed by atoms with Gasteiger partial charge in [0.25, 0.3) is 5.69 Å². The Bertz CT molecular complexity index is 890. The highest BCUT2D eigenvalue weighted by molar-refractivity contribution is 7.22. The molecule has 3 aromatic rings. The van der Waals surface area contributed by atoms with Crippen LogP contribution in [0, 0.1) is 10.1 Å². The molecule has 1 heterocycles. The van der Waals surface area contributed by atoms with Gasteiger partial charge in [-0.05, 0) is 25.1 Å². The molecule has 116 valence electrons. The molecule has 0 fully saturated rings. The number of thiazole rings is 1. The summed E-state index contributed by atoms with van der Waals surface area (Å²) in [6.45, 7) is 1.76. The average molecular weight is 347 g/mol. The molecule has 0 aliphatic heterocycles. The van der Waals surface area contributed by atoms with Crippen molar-refractivity contribution < 1.29 is 4.92 Å². The predicted octanol–water partition coefficient (Wildman–Crippen LogP) is 4.69. The molecule has 1 N–H and O–H groups in total. The third kappa shape index (κ3) is 3.30. The lowest BCUT2D eigenvalue weighted by molar-refractivity contribution is -0.384. The summed E-state index contributed by atoms with van der Waals surface area (Å²) >= 11 is 7.29. The molecule has 6 nitrogen and oxygen atoms in total. The number of hydrazone groups is 1. The normalized spacial score (nSPS) is 11.7. The number of anilines is 1. The molecule has 0 unspecified atom stereocenters. The minimum absolute atomic E-state index is 0.102. The van der Waals surface area contributed by atoms with Crippen LogP contribution in [0.4, 0.5) is 10.8 Å². The third-order valence-electron chi connectivity index (χ3n) is 3.17. The number of aromatic nitrogens is 1. The van der Waals surface area contributed by atoms with Crippen molar-refractivity contribution in [3.05, 3.63) is 63.2 Å². The molecule has 0 radical (unpaired) electrons. The molecular weight excluding hydrogens is 336 g/mol. The molecular formula is C15H11ClN4O2S. The molecule has 23 heavy (non-hydrogen) atoms. The Balaban J connectivity index is 1.84. The zero-order chi connectivity index (χ0) is 16.4. The molecule has 0 atom stereocenters. The number of benzene rings is 2. The molecule has 3 rings (SSSR count). The number of fused-ring (bicyclic) bond motifs is 1. The lowest BCUT2D eigenvalue weighted by Gasteiger charge is -2.02. The molecule has 0 spiro atoms. The van der Waals surface area contributed by atoms with Crippen LogP contribution in [-0.2, 0) is 0 Å². The van der Waals surface area contributed by atoms with Crippen molar-refractivity contribution in [1.29, 1.82) is 0 Å². The second-order valence-corrected chi connectivity index (χ2v) is 6.16. The van der Waals surface area contributed by atoms with Gasteiger partial charge in [0.15, 0.2) is 0 Å². The van der Waals surface area contributed by atoms with Gasteiger partial charge in [0.2, 0.25) is 5.13 Å². The summed E-state index contributed by atoms with van der Waals surface area (Å²) in [5.74, 6) is 0. The first kappa shape index (κ1) is 15.4. The molecule has 1 aromatic heterocycles. The van der Waals surface area contributed by atoms with Crippen molar-refractivity contribution in [2.24, 2.45) is 5.10 Å². The molecule has 0 amide bonds. The van der Waals surface area contributed by atoms with Crippen molar-refractivity contribution in [3.8, 4) is 0 Å². The van der Waals surface area contributed by atoms with E-state index in [1.807, 2.05) is 24.3 Å². The van der Waals surface area contributed by atoms with Gasteiger partial charge in [0, 0.05) is 11.6 Å². The summed E-state index contributed by atoms with van der Waals surface area (Å²) in [5, 5.41) is 15.9. The topological polar surface area (TPSA) is 80.4 Å². The largest absolute Gasteiger partial charge is 0.288 e. The van der Waals surface area contributed by atoms with Crippen LogP contribution in [0.5, 0.6) is 0 Å². The number of nitrogens with zero attached hydrogens (tertiary/aromatic N) is 3. The fourth-order valence-corrected chi connectivity index (χ4v) is 2.99. The Kier molecular flexibility index (Phi) is 4.22. The average Bonchev–Trinajstić information content (AvgIpc) is 2.95. The van der Waals surface area contributed by atoms with Gasteiger partial charge in [-0.15, -0.1) is 0 Å². The number of nitro groups is 1. The number of hydrogen-bond acceptors (Lipinski definition) is 6. The first-order valence-corrected chi connectivity index (χ1v) is 7.84. The predicted molar refractivity (Wildman–Crippen MR) is 93.6 cm³/mol. The van der Waals surface area contributed by atoms with Gasteiger partial charge in [-0.3, -0.25) is 15.5 Å². The standard InChI is InChI=1S/C15H11ClN4O2S/c1-9(10-6-7-11(16)13(8-10)20(21)22)18-19-15-17-12-4-2-3-5-14(12)23-15/h2-8H,1H3,(H,17,19)/b18-9-. The summed E-state index contributed by atoms with van der Waals surface area (Å²) in [5.41, 5.74) is 4.87. The second kappa shape index (κ2) is 6.31. The Morgan fingerprint density at radius 2 is 2.13 bits per heavy atom. The van der Waals surface area contributed by atoms with Crippen LogP contribution in [0.25, 0.3) is 10.2 Å². The Hall–Kier alpha value is -2.51. The summed E-state index contributed by atoms with van der Waals surface area (Å²) in [6, 6.07) is 12.4. The number of hydrogen-bond donors (Lipinski definition) is 1. The Labute approximate surface area is 140 Å². The van der Waals surface area contributed by atoms with Crippen molar-refractivity contribution in [2.75, 3.05) is 5.43 Å². The van der Waals surface area contributed by atoms with Crippen LogP contribution in [0.15, 0.2) is 47.6 Å². The van der Waals surface area contributed by atoms with E-state index < -0.39 is 4.92 Å². The van der Waals surface area contributed by atoms with Crippen LogP contribution < -0.4 is 5.43 Å². The Morgan fingerprint density at radius 3 is 2.87 bits per heavy atom. The fourth-order valence-electron chi connectivity index (χ4n) is 1.99. The quantitative estimate of drug-likeness (QED) is 0.422. The zero-order valence-corrected chi connectivity index (χ0v) is 13.6. The van der Waals surface area contributed by atoms with Gasteiger partial charge >= 0.3 is 0 Å². The minimum atomic E-state index is -0.514. The smallest absolute Gasteiger partial charge is 0.258 e. The number of nitro benzene ring substituents is 1. The van der Waals surface area contributed by atoms with E-state index in [1.54, 1.807) is 13.0 Å². The van der Waals surface area contributed by atoms with E-state index in [0.29, 0.717) is 16.4 Å².